The summed E-state index contributed by atoms with van der Waals surface area (Å²) in [7, 11) is 0. The third-order valence-corrected chi connectivity index (χ3v) is 7.27. The van der Waals surface area contributed by atoms with Gasteiger partial charge in [0.05, 0.1) is 25.0 Å². The molecule has 3 aromatic rings. The highest BCUT2D eigenvalue weighted by atomic mass is 35.5. The number of para-hydroxylation sites is 1. The maximum Gasteiger partial charge on any atom is 0.247 e. The summed E-state index contributed by atoms with van der Waals surface area (Å²) in [5, 5.41) is 24.2. The highest BCUT2D eigenvalue weighted by Gasteiger charge is 2.50. The highest BCUT2D eigenvalue weighted by molar-refractivity contribution is 6.30. The van der Waals surface area contributed by atoms with Crippen molar-refractivity contribution in [3.8, 4) is 5.75 Å². The number of halogens is 1. The molecule has 0 saturated carbocycles. The van der Waals surface area contributed by atoms with Crippen molar-refractivity contribution in [2.24, 2.45) is 0 Å². The van der Waals surface area contributed by atoms with Crippen molar-refractivity contribution in [2.75, 3.05) is 13.2 Å². The molecule has 0 fully saturated rings. The molecule has 0 bridgehead atoms. The summed E-state index contributed by atoms with van der Waals surface area (Å²) < 4.78 is 6.18. The van der Waals surface area contributed by atoms with E-state index in [1.54, 1.807) is 23.1 Å². The molecule has 8 heteroatoms. The van der Waals surface area contributed by atoms with E-state index >= 15 is 0 Å². The van der Waals surface area contributed by atoms with Crippen LogP contribution in [-0.4, -0.2) is 58.3 Å². The Kier molecular flexibility index (Phi) is 7.79. The molecule has 0 saturated heterocycles. The first kappa shape index (κ1) is 26.0. The van der Waals surface area contributed by atoms with Gasteiger partial charge in [0.1, 0.15) is 18.0 Å². The summed E-state index contributed by atoms with van der Waals surface area (Å²) in [4.78, 5) is 28.7. The van der Waals surface area contributed by atoms with Gasteiger partial charge >= 0.3 is 0 Å². The summed E-state index contributed by atoms with van der Waals surface area (Å²) in [6, 6.07) is 23.1. The van der Waals surface area contributed by atoms with Crippen LogP contribution in [0.1, 0.15) is 22.6 Å². The van der Waals surface area contributed by atoms with Crippen molar-refractivity contribution in [3.63, 3.8) is 0 Å². The minimum Gasteiger partial charge on any atom is -0.486 e. The summed E-state index contributed by atoms with van der Waals surface area (Å²) >= 11 is 6.08. The van der Waals surface area contributed by atoms with Crippen LogP contribution in [0.4, 0.5) is 0 Å². The van der Waals surface area contributed by atoms with E-state index < -0.39 is 24.2 Å². The first-order valence-electron chi connectivity index (χ1n) is 12.6. The molecule has 0 radical (unpaired) electrons. The molecule has 0 spiro atoms. The minimum atomic E-state index is -1.09. The lowest BCUT2D eigenvalue weighted by Crippen LogP contribution is -2.55. The lowest BCUT2D eigenvalue weighted by Gasteiger charge is -2.41. The Bertz CT molecular complexity index is 1330. The van der Waals surface area contributed by atoms with E-state index in [0.717, 1.165) is 16.7 Å². The molecule has 3 N–H and O–H groups in total. The van der Waals surface area contributed by atoms with Gasteiger partial charge in [-0.25, -0.2) is 0 Å². The Morgan fingerprint density at radius 1 is 0.947 bits per heavy atom. The number of ether oxygens (including phenoxy) is 1. The molecule has 0 unspecified atom stereocenters. The van der Waals surface area contributed by atoms with Gasteiger partial charge in [-0.1, -0.05) is 72.3 Å². The molecule has 196 valence electrons. The summed E-state index contributed by atoms with van der Waals surface area (Å²) in [6.07, 6.45) is -0.0291. The van der Waals surface area contributed by atoms with Crippen molar-refractivity contribution >= 4 is 23.4 Å². The number of carbonyl (C=O) groups excluding carboxylic acids is 2. The molecule has 1 aliphatic heterocycles. The number of nitrogens with one attached hydrogen (secondary N) is 1. The third-order valence-electron chi connectivity index (χ3n) is 7.02. The number of hydrogen-bond donors (Lipinski definition) is 3. The highest BCUT2D eigenvalue weighted by Crippen LogP contribution is 2.47. The zero-order valence-electron chi connectivity index (χ0n) is 20.7. The van der Waals surface area contributed by atoms with Crippen LogP contribution in [0.25, 0.3) is 0 Å². The molecule has 7 nitrogen and oxygen atoms in total. The molecule has 38 heavy (non-hydrogen) atoms. The van der Waals surface area contributed by atoms with Gasteiger partial charge in [0.15, 0.2) is 0 Å². The molecule has 3 aromatic carbocycles. The van der Waals surface area contributed by atoms with E-state index in [4.69, 9.17) is 16.3 Å². The maximum absolute atomic E-state index is 13.8. The number of fused-ring (bicyclic) bond motifs is 3. The second-order valence-electron chi connectivity index (χ2n) is 9.49. The van der Waals surface area contributed by atoms with Crippen LogP contribution in [0, 0.1) is 0 Å². The summed E-state index contributed by atoms with van der Waals surface area (Å²) in [5.74, 6) is -0.468. The Morgan fingerprint density at radius 3 is 2.39 bits per heavy atom. The van der Waals surface area contributed by atoms with Crippen LogP contribution in [0.2, 0.25) is 5.02 Å². The Hall–Kier alpha value is -3.65. The monoisotopic (exact) mass is 532 g/mol. The van der Waals surface area contributed by atoms with E-state index in [1.165, 1.54) is 0 Å². The van der Waals surface area contributed by atoms with E-state index in [1.807, 2.05) is 66.7 Å². The number of rotatable bonds is 8. The van der Waals surface area contributed by atoms with Gasteiger partial charge in [-0.2, -0.15) is 0 Å². The first-order chi connectivity index (χ1) is 18.5. The van der Waals surface area contributed by atoms with Gasteiger partial charge in [-0.15, -0.1) is 0 Å². The van der Waals surface area contributed by atoms with Crippen LogP contribution in [0.15, 0.2) is 90.5 Å². The molecule has 1 aliphatic carbocycles. The number of aliphatic hydroxyl groups is 2. The van der Waals surface area contributed by atoms with Gasteiger partial charge < -0.3 is 25.2 Å². The average Bonchev–Trinajstić information content (AvgIpc) is 3.33. The number of nitrogens with zero attached hydrogens (tertiary/aromatic N) is 1. The molecule has 1 heterocycles. The second kappa shape index (κ2) is 11.4. The molecule has 0 aromatic heterocycles. The molecule has 4 atom stereocenters. The zero-order valence-corrected chi connectivity index (χ0v) is 21.4. The number of hydrogen-bond acceptors (Lipinski definition) is 5. The first-order valence-corrected chi connectivity index (χ1v) is 13.0. The van der Waals surface area contributed by atoms with Crippen molar-refractivity contribution in [1.29, 1.82) is 0 Å². The van der Waals surface area contributed by atoms with Crippen molar-refractivity contribution in [3.05, 3.63) is 112 Å². The van der Waals surface area contributed by atoms with Gasteiger partial charge in [0.2, 0.25) is 11.8 Å². The second-order valence-corrected chi connectivity index (χ2v) is 9.93. The maximum atomic E-state index is 13.8. The Labute approximate surface area is 226 Å². The Balaban J connectivity index is 1.55. The van der Waals surface area contributed by atoms with Crippen molar-refractivity contribution < 1.29 is 24.5 Å². The number of benzene rings is 3. The van der Waals surface area contributed by atoms with Crippen LogP contribution < -0.4 is 10.1 Å². The van der Waals surface area contributed by atoms with Crippen LogP contribution in [-0.2, 0) is 22.6 Å². The summed E-state index contributed by atoms with van der Waals surface area (Å²) in [5.41, 5.74) is 2.88. The normalized spacial score (nSPS) is 21.5. The average molecular weight is 533 g/mol. The van der Waals surface area contributed by atoms with E-state index in [0.29, 0.717) is 16.3 Å². The fourth-order valence-electron chi connectivity index (χ4n) is 5.21. The molecule has 5 rings (SSSR count). The van der Waals surface area contributed by atoms with Gasteiger partial charge in [0, 0.05) is 29.2 Å². The number of aliphatic hydroxyl groups excluding tert-OH is 2. The third kappa shape index (κ3) is 5.31. The van der Waals surface area contributed by atoms with Gasteiger partial charge in [-0.3, -0.25) is 9.59 Å². The van der Waals surface area contributed by atoms with E-state index in [2.05, 4.69) is 5.32 Å². The zero-order chi connectivity index (χ0) is 26.6. The van der Waals surface area contributed by atoms with E-state index in [-0.39, 0.29) is 37.9 Å². The lowest BCUT2D eigenvalue weighted by atomic mass is 9.77. The fourth-order valence-corrected chi connectivity index (χ4v) is 5.34. The standard InChI is InChI=1S/C30H29ClN2O5/c31-21-12-10-20(11-13-21)18-33(26(35)16-19-6-2-1-3-7-19)24-17-23(30(37)32-14-15-34)27-22-8-4-5-9-25(22)38-29(27)28(24)36/h1-13,17,24,27-29,34,36H,14-16,18H2,(H,32,37)/t24-,27+,28+,29+/m1/s1. The minimum absolute atomic E-state index is 0.0880. The van der Waals surface area contributed by atoms with Crippen LogP contribution in [0.3, 0.4) is 0 Å². The van der Waals surface area contributed by atoms with Crippen molar-refractivity contribution in [1.82, 2.24) is 10.2 Å². The number of carbonyl (C=O) groups is 2. The molecular weight excluding hydrogens is 504 g/mol. The van der Waals surface area contributed by atoms with E-state index in [9.17, 15) is 19.8 Å². The van der Waals surface area contributed by atoms with Crippen LogP contribution >= 0.6 is 11.6 Å². The van der Waals surface area contributed by atoms with Gasteiger partial charge in [0.25, 0.3) is 0 Å². The molecule has 2 aliphatic rings. The predicted octanol–water partition coefficient (Wildman–Crippen LogP) is 3.23. The Morgan fingerprint density at radius 2 is 1.66 bits per heavy atom. The molecule has 2 amide bonds. The predicted molar refractivity (Wildman–Crippen MR) is 144 cm³/mol. The molecular formula is C30H29ClN2O5. The smallest absolute Gasteiger partial charge is 0.247 e. The quantitative estimate of drug-likeness (QED) is 0.414. The van der Waals surface area contributed by atoms with Crippen LogP contribution in [0.5, 0.6) is 5.75 Å². The largest absolute Gasteiger partial charge is 0.486 e. The fraction of sp³-hybridized carbons (Fsp3) is 0.267. The topological polar surface area (TPSA) is 99.1 Å². The summed E-state index contributed by atoms with van der Waals surface area (Å²) in [6.45, 7) is 0.0894. The van der Waals surface area contributed by atoms with Crippen molar-refractivity contribution in [2.45, 2.75) is 37.1 Å². The van der Waals surface area contributed by atoms with Gasteiger partial charge in [-0.05, 0) is 35.4 Å². The SMILES string of the molecule is O=C(NCCO)C1=C[C@@H](N(Cc2ccc(Cl)cc2)C(=O)Cc2ccccc2)[C@H](O)[C@H]2Oc3ccccc3[C@@H]12. The number of amides is 2. The lowest BCUT2D eigenvalue weighted by molar-refractivity contribution is -0.137.